The van der Waals surface area contributed by atoms with Gasteiger partial charge in [0.05, 0.1) is 24.4 Å². The zero-order chi connectivity index (χ0) is 14.7. The van der Waals surface area contributed by atoms with Gasteiger partial charge in [-0.2, -0.15) is 0 Å². The molecular weight excluding hydrogens is 285 g/mol. The topological polar surface area (TPSA) is 68.0 Å². The third-order valence-electron chi connectivity index (χ3n) is 3.02. The molecule has 5 nitrogen and oxygen atoms in total. The fourth-order valence-corrected chi connectivity index (χ4v) is 2.06. The number of aliphatic carboxylic acids is 1. The van der Waals surface area contributed by atoms with Crippen molar-refractivity contribution in [2.24, 2.45) is 0 Å². The summed E-state index contributed by atoms with van der Waals surface area (Å²) in [5, 5.41) is 16.8. The molecule has 1 heterocycles. The van der Waals surface area contributed by atoms with Gasteiger partial charge in [0.1, 0.15) is 5.82 Å². The summed E-state index contributed by atoms with van der Waals surface area (Å²) in [6, 6.07) is 4.48. The molecule has 0 amide bonds. The molecule has 7 heteroatoms. The number of hydrogen-bond donors (Lipinski definition) is 1. The zero-order valence-electron chi connectivity index (χ0n) is 10.8. The first-order valence-corrected chi connectivity index (χ1v) is 6.40. The lowest BCUT2D eigenvalue weighted by Crippen LogP contribution is -2.07. The van der Waals surface area contributed by atoms with Gasteiger partial charge >= 0.3 is 5.97 Å². The summed E-state index contributed by atoms with van der Waals surface area (Å²) in [4.78, 5) is 10.5. The van der Waals surface area contributed by atoms with E-state index in [4.69, 9.17) is 16.7 Å². The van der Waals surface area contributed by atoms with Crippen molar-refractivity contribution in [1.82, 2.24) is 15.0 Å². The number of rotatable bonds is 5. The minimum atomic E-state index is -0.893. The van der Waals surface area contributed by atoms with Crippen LogP contribution in [-0.2, 0) is 17.8 Å². The quantitative estimate of drug-likeness (QED) is 0.920. The summed E-state index contributed by atoms with van der Waals surface area (Å²) in [6.45, 7) is 1.93. The van der Waals surface area contributed by atoms with Crippen LogP contribution in [0.1, 0.15) is 23.4 Å². The summed E-state index contributed by atoms with van der Waals surface area (Å²) in [7, 11) is 0. The predicted octanol–water partition coefficient (Wildman–Crippen LogP) is 2.44. The highest BCUT2D eigenvalue weighted by molar-refractivity contribution is 6.31. The van der Waals surface area contributed by atoms with E-state index in [1.54, 1.807) is 13.0 Å². The van der Waals surface area contributed by atoms with E-state index < -0.39 is 11.8 Å². The van der Waals surface area contributed by atoms with E-state index in [1.165, 1.54) is 16.8 Å². The SMILES string of the molecule is Cc1c(CCC(=O)O)nnn1Cc1c(F)cccc1Cl. The van der Waals surface area contributed by atoms with E-state index in [0.29, 0.717) is 28.4 Å². The second kappa shape index (κ2) is 6.00. The van der Waals surface area contributed by atoms with Crippen LogP contribution < -0.4 is 0 Å². The second-order valence-corrected chi connectivity index (χ2v) is 4.78. The van der Waals surface area contributed by atoms with Crippen LogP contribution in [0.15, 0.2) is 18.2 Å². The summed E-state index contributed by atoms with van der Waals surface area (Å²) in [5.41, 5.74) is 1.65. The molecule has 20 heavy (non-hydrogen) atoms. The minimum absolute atomic E-state index is 0.0139. The molecule has 0 saturated heterocycles. The van der Waals surface area contributed by atoms with Crippen LogP contribution in [0, 0.1) is 12.7 Å². The fraction of sp³-hybridized carbons (Fsp3) is 0.308. The van der Waals surface area contributed by atoms with Crippen molar-refractivity contribution in [2.75, 3.05) is 0 Å². The maximum absolute atomic E-state index is 13.7. The first kappa shape index (κ1) is 14.5. The van der Waals surface area contributed by atoms with Crippen molar-refractivity contribution >= 4 is 17.6 Å². The average Bonchev–Trinajstić information content (AvgIpc) is 2.73. The third-order valence-corrected chi connectivity index (χ3v) is 3.38. The van der Waals surface area contributed by atoms with Gasteiger partial charge in [-0.15, -0.1) is 5.10 Å². The van der Waals surface area contributed by atoms with Gasteiger partial charge in [-0.3, -0.25) is 4.79 Å². The lowest BCUT2D eigenvalue weighted by molar-refractivity contribution is -0.136. The summed E-state index contributed by atoms with van der Waals surface area (Å²) >= 11 is 5.96. The van der Waals surface area contributed by atoms with Crippen molar-refractivity contribution in [3.8, 4) is 0 Å². The van der Waals surface area contributed by atoms with Crippen LogP contribution in [0.5, 0.6) is 0 Å². The molecule has 0 bridgehead atoms. The van der Waals surface area contributed by atoms with Gasteiger partial charge in [-0.05, 0) is 19.1 Å². The van der Waals surface area contributed by atoms with Crippen molar-refractivity contribution < 1.29 is 14.3 Å². The lowest BCUT2D eigenvalue weighted by Gasteiger charge is -2.07. The molecule has 106 valence electrons. The number of nitrogens with zero attached hydrogens (tertiary/aromatic N) is 3. The molecule has 0 radical (unpaired) electrons. The maximum Gasteiger partial charge on any atom is 0.303 e. The molecular formula is C13H13ClFN3O2. The van der Waals surface area contributed by atoms with Crippen molar-refractivity contribution in [3.63, 3.8) is 0 Å². The first-order valence-electron chi connectivity index (χ1n) is 6.02. The molecule has 1 N–H and O–H groups in total. The largest absolute Gasteiger partial charge is 0.481 e. The Balaban J connectivity index is 2.20. The van der Waals surface area contributed by atoms with E-state index >= 15 is 0 Å². The van der Waals surface area contributed by atoms with E-state index in [0.717, 1.165) is 0 Å². The standard InChI is InChI=1S/C13H13ClFN3O2/c1-8-12(5-6-13(19)20)16-17-18(8)7-9-10(14)3-2-4-11(9)15/h2-4H,5-7H2,1H3,(H,19,20). The Hall–Kier alpha value is -1.95. The summed E-state index contributed by atoms with van der Waals surface area (Å²) in [5.74, 6) is -1.30. The summed E-state index contributed by atoms with van der Waals surface area (Å²) in [6.07, 6.45) is 0.284. The predicted molar refractivity (Wildman–Crippen MR) is 71.2 cm³/mol. The van der Waals surface area contributed by atoms with Crippen LogP contribution in [-0.4, -0.2) is 26.1 Å². The Kier molecular flexibility index (Phi) is 4.34. The molecule has 0 fully saturated rings. The maximum atomic E-state index is 13.7. The highest BCUT2D eigenvalue weighted by atomic mass is 35.5. The van der Waals surface area contributed by atoms with Crippen LogP contribution in [0.2, 0.25) is 5.02 Å². The van der Waals surface area contributed by atoms with Crippen molar-refractivity contribution in [1.29, 1.82) is 0 Å². The Labute approximate surface area is 120 Å². The van der Waals surface area contributed by atoms with Gasteiger partial charge in [0, 0.05) is 17.0 Å². The molecule has 0 saturated carbocycles. The molecule has 0 aliphatic rings. The van der Waals surface area contributed by atoms with Crippen molar-refractivity contribution in [3.05, 3.63) is 46.0 Å². The number of carbonyl (C=O) groups is 1. The highest BCUT2D eigenvalue weighted by Gasteiger charge is 2.13. The van der Waals surface area contributed by atoms with Gasteiger partial charge in [0.25, 0.3) is 0 Å². The van der Waals surface area contributed by atoms with Crippen LogP contribution in [0.3, 0.4) is 0 Å². The second-order valence-electron chi connectivity index (χ2n) is 4.37. The normalized spacial score (nSPS) is 10.8. The Morgan fingerprint density at radius 2 is 2.25 bits per heavy atom. The number of carboxylic acids is 1. The van der Waals surface area contributed by atoms with E-state index in [-0.39, 0.29) is 13.0 Å². The molecule has 2 aromatic rings. The molecule has 0 aliphatic heterocycles. The van der Waals surface area contributed by atoms with Gasteiger partial charge in [0.15, 0.2) is 0 Å². The van der Waals surface area contributed by atoms with E-state index in [2.05, 4.69) is 10.3 Å². The fourth-order valence-electron chi connectivity index (χ4n) is 1.84. The molecule has 0 spiro atoms. The summed E-state index contributed by atoms with van der Waals surface area (Å²) < 4.78 is 15.2. The Morgan fingerprint density at radius 3 is 2.90 bits per heavy atom. The molecule has 0 unspecified atom stereocenters. The van der Waals surface area contributed by atoms with Crippen LogP contribution in [0.25, 0.3) is 0 Å². The van der Waals surface area contributed by atoms with E-state index in [9.17, 15) is 9.18 Å². The highest BCUT2D eigenvalue weighted by Crippen LogP contribution is 2.20. The third kappa shape index (κ3) is 3.14. The zero-order valence-corrected chi connectivity index (χ0v) is 11.6. The Morgan fingerprint density at radius 1 is 1.50 bits per heavy atom. The van der Waals surface area contributed by atoms with Gasteiger partial charge in [-0.25, -0.2) is 9.07 Å². The minimum Gasteiger partial charge on any atom is -0.481 e. The molecule has 0 aliphatic carbocycles. The van der Waals surface area contributed by atoms with Crippen LogP contribution in [0.4, 0.5) is 4.39 Å². The number of benzene rings is 1. The number of aryl methyl sites for hydroxylation is 1. The van der Waals surface area contributed by atoms with Gasteiger partial charge < -0.3 is 5.11 Å². The van der Waals surface area contributed by atoms with Crippen molar-refractivity contribution in [2.45, 2.75) is 26.3 Å². The number of hydrogen-bond acceptors (Lipinski definition) is 3. The number of halogens is 2. The first-order chi connectivity index (χ1) is 9.49. The molecule has 0 atom stereocenters. The average molecular weight is 298 g/mol. The van der Waals surface area contributed by atoms with Gasteiger partial charge in [-0.1, -0.05) is 22.9 Å². The molecule has 1 aromatic carbocycles. The monoisotopic (exact) mass is 297 g/mol. The van der Waals surface area contributed by atoms with E-state index in [1.807, 2.05) is 0 Å². The smallest absolute Gasteiger partial charge is 0.303 e. The Bertz CT molecular complexity index is 622. The number of carboxylic acid groups (broad SMARTS) is 1. The molecule has 2 rings (SSSR count). The molecule has 1 aromatic heterocycles. The number of aromatic nitrogens is 3. The lowest BCUT2D eigenvalue weighted by atomic mass is 10.2. The van der Waals surface area contributed by atoms with Crippen LogP contribution >= 0.6 is 11.6 Å². The van der Waals surface area contributed by atoms with Gasteiger partial charge in [0.2, 0.25) is 0 Å².